The van der Waals surface area contributed by atoms with E-state index in [1.807, 2.05) is 6.92 Å². The molecule has 1 fully saturated rings. The van der Waals surface area contributed by atoms with E-state index >= 15 is 0 Å². The van der Waals surface area contributed by atoms with Crippen LogP contribution in [0.5, 0.6) is 0 Å². The fourth-order valence-electron chi connectivity index (χ4n) is 2.92. The van der Waals surface area contributed by atoms with Crippen molar-refractivity contribution < 1.29 is 14.4 Å². The van der Waals surface area contributed by atoms with Gasteiger partial charge >= 0.3 is 0 Å². The van der Waals surface area contributed by atoms with Crippen LogP contribution in [0, 0.1) is 5.92 Å². The van der Waals surface area contributed by atoms with Gasteiger partial charge in [-0.05, 0) is 50.5 Å². The minimum Gasteiger partial charge on any atom is -0.354 e. The maximum absolute atomic E-state index is 12.5. The lowest BCUT2D eigenvalue weighted by atomic mass is 9.95. The number of hydrogen-bond acceptors (Lipinski definition) is 3. The summed E-state index contributed by atoms with van der Waals surface area (Å²) < 4.78 is 0. The minimum absolute atomic E-state index is 0.0483. The number of halogens is 1. The summed E-state index contributed by atoms with van der Waals surface area (Å²) in [6.45, 7) is 5.31. The van der Waals surface area contributed by atoms with Crippen LogP contribution in [0.15, 0.2) is 24.3 Å². The van der Waals surface area contributed by atoms with E-state index in [-0.39, 0.29) is 23.6 Å². The molecule has 2 rings (SSSR count). The molecule has 0 spiro atoms. The number of likely N-dealkylation sites (tertiary alicyclic amines) is 1. The second-order valence-electron chi connectivity index (χ2n) is 6.59. The van der Waals surface area contributed by atoms with Crippen LogP contribution >= 0.6 is 11.6 Å². The Morgan fingerprint density at radius 1 is 1.19 bits per heavy atom. The standard InChI is InChI=1S/C19H26ClN3O3/c1-3-10-21-17(24)13(2)22-18(25)14-8-11-23(12-9-14)19(26)15-4-6-16(20)7-5-15/h4-7,13-14H,3,8-12H2,1-2H3,(H,21,24)(H,22,25)/t13-/m0/s1. The predicted molar refractivity (Wildman–Crippen MR) is 101 cm³/mol. The predicted octanol–water partition coefficient (Wildman–Crippen LogP) is 2.22. The summed E-state index contributed by atoms with van der Waals surface area (Å²) >= 11 is 5.85. The number of nitrogens with one attached hydrogen (secondary N) is 2. The first-order valence-corrected chi connectivity index (χ1v) is 9.43. The van der Waals surface area contributed by atoms with Crippen molar-refractivity contribution in [3.05, 3.63) is 34.9 Å². The Morgan fingerprint density at radius 3 is 2.38 bits per heavy atom. The van der Waals surface area contributed by atoms with E-state index in [1.165, 1.54) is 0 Å². The van der Waals surface area contributed by atoms with Crippen molar-refractivity contribution in [1.29, 1.82) is 0 Å². The van der Waals surface area contributed by atoms with Gasteiger partial charge in [0.05, 0.1) is 0 Å². The van der Waals surface area contributed by atoms with Crippen molar-refractivity contribution in [3.8, 4) is 0 Å². The van der Waals surface area contributed by atoms with E-state index < -0.39 is 6.04 Å². The van der Waals surface area contributed by atoms with Gasteiger partial charge in [-0.3, -0.25) is 14.4 Å². The van der Waals surface area contributed by atoms with E-state index in [0.717, 1.165) is 6.42 Å². The number of benzene rings is 1. The normalized spacial score (nSPS) is 16.0. The molecule has 1 aromatic rings. The number of nitrogens with zero attached hydrogens (tertiary/aromatic N) is 1. The van der Waals surface area contributed by atoms with E-state index in [4.69, 9.17) is 11.6 Å². The van der Waals surface area contributed by atoms with Crippen LogP contribution < -0.4 is 10.6 Å². The first-order chi connectivity index (χ1) is 12.4. The Kier molecular flexibility index (Phi) is 7.45. The molecule has 7 heteroatoms. The summed E-state index contributed by atoms with van der Waals surface area (Å²) in [5, 5.41) is 6.13. The van der Waals surface area contributed by atoms with E-state index in [0.29, 0.717) is 43.1 Å². The highest BCUT2D eigenvalue weighted by atomic mass is 35.5. The molecule has 26 heavy (non-hydrogen) atoms. The molecule has 6 nitrogen and oxygen atoms in total. The largest absolute Gasteiger partial charge is 0.354 e. The third-order valence-electron chi connectivity index (χ3n) is 4.55. The van der Waals surface area contributed by atoms with E-state index in [9.17, 15) is 14.4 Å². The first-order valence-electron chi connectivity index (χ1n) is 9.05. The maximum atomic E-state index is 12.5. The van der Waals surface area contributed by atoms with Crippen molar-refractivity contribution in [1.82, 2.24) is 15.5 Å². The van der Waals surface area contributed by atoms with Crippen LogP contribution in [0.3, 0.4) is 0 Å². The van der Waals surface area contributed by atoms with Gasteiger partial charge in [-0.1, -0.05) is 18.5 Å². The number of hydrogen-bond donors (Lipinski definition) is 2. The summed E-state index contributed by atoms with van der Waals surface area (Å²) in [7, 11) is 0. The molecule has 2 N–H and O–H groups in total. The Hall–Kier alpha value is -2.08. The van der Waals surface area contributed by atoms with Crippen molar-refractivity contribution in [2.45, 2.75) is 39.2 Å². The van der Waals surface area contributed by atoms with Crippen molar-refractivity contribution >= 4 is 29.3 Å². The minimum atomic E-state index is -0.553. The van der Waals surface area contributed by atoms with Gasteiger partial charge in [0.2, 0.25) is 11.8 Å². The highest BCUT2D eigenvalue weighted by molar-refractivity contribution is 6.30. The average molecular weight is 380 g/mol. The number of carbonyl (C=O) groups excluding carboxylic acids is 3. The summed E-state index contributed by atoms with van der Waals surface area (Å²) in [5.74, 6) is -0.517. The zero-order chi connectivity index (χ0) is 19.1. The van der Waals surface area contributed by atoms with Gasteiger partial charge in [0, 0.05) is 36.1 Å². The average Bonchev–Trinajstić information content (AvgIpc) is 2.66. The molecular weight excluding hydrogens is 354 g/mol. The van der Waals surface area contributed by atoms with Crippen LogP contribution in [-0.2, 0) is 9.59 Å². The Bertz CT molecular complexity index is 640. The molecule has 1 heterocycles. The number of piperidine rings is 1. The number of carbonyl (C=O) groups is 3. The second-order valence-corrected chi connectivity index (χ2v) is 7.03. The molecule has 1 aromatic carbocycles. The highest BCUT2D eigenvalue weighted by Gasteiger charge is 2.29. The molecule has 1 atom stereocenters. The molecule has 1 saturated heterocycles. The zero-order valence-corrected chi connectivity index (χ0v) is 16.0. The smallest absolute Gasteiger partial charge is 0.253 e. The Labute approximate surface area is 159 Å². The monoisotopic (exact) mass is 379 g/mol. The lowest BCUT2D eigenvalue weighted by molar-refractivity contribution is -0.131. The molecule has 0 radical (unpaired) electrons. The van der Waals surface area contributed by atoms with Crippen molar-refractivity contribution in [2.75, 3.05) is 19.6 Å². The first kappa shape index (κ1) is 20.2. The van der Waals surface area contributed by atoms with Gasteiger partial charge in [-0.25, -0.2) is 0 Å². The van der Waals surface area contributed by atoms with Gasteiger partial charge in [0.15, 0.2) is 0 Å². The number of rotatable bonds is 6. The van der Waals surface area contributed by atoms with Crippen LogP contribution in [0.1, 0.15) is 43.5 Å². The van der Waals surface area contributed by atoms with E-state index in [1.54, 1.807) is 36.1 Å². The Balaban J connectivity index is 1.81. The van der Waals surface area contributed by atoms with Gasteiger partial charge in [-0.2, -0.15) is 0 Å². The molecule has 0 unspecified atom stereocenters. The summed E-state index contributed by atoms with van der Waals surface area (Å²) in [4.78, 5) is 38.5. The molecule has 1 aliphatic heterocycles. The SMILES string of the molecule is CCCNC(=O)[C@H](C)NC(=O)C1CCN(C(=O)c2ccc(Cl)cc2)CC1. The topological polar surface area (TPSA) is 78.5 Å². The van der Waals surface area contributed by atoms with Crippen LogP contribution in [0.4, 0.5) is 0 Å². The fraction of sp³-hybridized carbons (Fsp3) is 0.526. The summed E-state index contributed by atoms with van der Waals surface area (Å²) in [6.07, 6.45) is 2.04. The van der Waals surface area contributed by atoms with Crippen LogP contribution in [-0.4, -0.2) is 48.3 Å². The third-order valence-corrected chi connectivity index (χ3v) is 4.80. The van der Waals surface area contributed by atoms with Crippen LogP contribution in [0.2, 0.25) is 5.02 Å². The van der Waals surface area contributed by atoms with Crippen LogP contribution in [0.25, 0.3) is 0 Å². The number of amides is 3. The van der Waals surface area contributed by atoms with E-state index in [2.05, 4.69) is 10.6 Å². The molecule has 3 amide bonds. The second kappa shape index (κ2) is 9.57. The molecule has 142 valence electrons. The van der Waals surface area contributed by atoms with Gasteiger partial charge < -0.3 is 15.5 Å². The van der Waals surface area contributed by atoms with Crippen molar-refractivity contribution in [2.24, 2.45) is 5.92 Å². The quantitative estimate of drug-likeness (QED) is 0.795. The fourth-order valence-corrected chi connectivity index (χ4v) is 3.04. The van der Waals surface area contributed by atoms with Gasteiger partial charge in [0.1, 0.15) is 6.04 Å². The summed E-state index contributed by atoms with van der Waals surface area (Å²) in [5.41, 5.74) is 0.596. The molecule has 0 saturated carbocycles. The molecule has 1 aliphatic rings. The van der Waals surface area contributed by atoms with Gasteiger partial charge in [-0.15, -0.1) is 0 Å². The maximum Gasteiger partial charge on any atom is 0.253 e. The third kappa shape index (κ3) is 5.46. The summed E-state index contributed by atoms with van der Waals surface area (Å²) in [6, 6.07) is 6.25. The zero-order valence-electron chi connectivity index (χ0n) is 15.3. The molecule has 0 aliphatic carbocycles. The highest BCUT2D eigenvalue weighted by Crippen LogP contribution is 2.20. The molecule has 0 aromatic heterocycles. The lowest BCUT2D eigenvalue weighted by Crippen LogP contribution is -2.49. The lowest BCUT2D eigenvalue weighted by Gasteiger charge is -2.32. The van der Waals surface area contributed by atoms with Crippen molar-refractivity contribution in [3.63, 3.8) is 0 Å². The molecular formula is C19H26ClN3O3. The Morgan fingerprint density at radius 2 is 1.81 bits per heavy atom. The molecule has 0 bridgehead atoms. The van der Waals surface area contributed by atoms with Gasteiger partial charge in [0.25, 0.3) is 5.91 Å².